The maximum atomic E-state index is 13.2. The van der Waals surface area contributed by atoms with Crippen LogP contribution < -0.4 is 0 Å². The van der Waals surface area contributed by atoms with E-state index in [2.05, 4.69) is 118 Å². The molecule has 1 rings (SSSR count). The van der Waals surface area contributed by atoms with Gasteiger partial charge < -0.3 is 39.0 Å². The van der Waals surface area contributed by atoms with Crippen LogP contribution in [0.5, 0.6) is 0 Å². The topological polar surface area (TPSA) is 175 Å². The third-order valence-corrected chi connectivity index (χ3v) is 13.6. The van der Waals surface area contributed by atoms with Gasteiger partial charge in [-0.05, 0) is 122 Å². The van der Waals surface area contributed by atoms with Crippen LogP contribution in [0.25, 0.3) is 0 Å². The van der Waals surface area contributed by atoms with Crippen molar-refractivity contribution in [2.24, 2.45) is 0 Å². The summed E-state index contributed by atoms with van der Waals surface area (Å²) >= 11 is 0. The fourth-order valence-electron chi connectivity index (χ4n) is 8.83. The highest BCUT2D eigenvalue weighted by atomic mass is 16.7. The molecule has 12 nitrogen and oxygen atoms in total. The molecule has 1 aliphatic rings. The molecule has 1 fully saturated rings. The minimum absolute atomic E-state index is 0.0460. The number of unbranched alkanes of at least 4 members (excludes halogenated alkanes) is 22. The van der Waals surface area contributed by atoms with Gasteiger partial charge in [-0.1, -0.05) is 208 Å². The summed E-state index contributed by atoms with van der Waals surface area (Å²) in [5.41, 5.74) is 0. The van der Waals surface area contributed by atoms with Crippen molar-refractivity contribution in [3.63, 3.8) is 0 Å². The zero-order chi connectivity index (χ0) is 57.5. The lowest BCUT2D eigenvalue weighted by atomic mass is 9.98. The minimum Gasteiger partial charge on any atom is -0.479 e. The molecule has 0 saturated carbocycles. The number of aliphatic carboxylic acids is 1. The summed E-state index contributed by atoms with van der Waals surface area (Å²) < 4.78 is 28.4. The van der Waals surface area contributed by atoms with Crippen LogP contribution in [-0.4, -0.2) is 89.2 Å². The molecule has 1 heterocycles. The fraction of sp³-hybridized carbons (Fsp3) is 0.701. The number of rotatable bonds is 52. The zero-order valence-corrected chi connectivity index (χ0v) is 49.6. The van der Waals surface area contributed by atoms with Gasteiger partial charge in [-0.25, -0.2) is 4.79 Å². The molecule has 0 radical (unpaired) electrons. The molecule has 6 atom stereocenters. The Hall–Kier alpha value is -4.36. The first kappa shape index (κ1) is 72.7. The molecular formula is C67H110O12. The molecule has 0 aromatic heterocycles. The van der Waals surface area contributed by atoms with Crippen molar-refractivity contribution in [1.29, 1.82) is 0 Å². The third kappa shape index (κ3) is 44.0. The zero-order valence-electron chi connectivity index (χ0n) is 49.6. The van der Waals surface area contributed by atoms with Crippen LogP contribution in [0.3, 0.4) is 0 Å². The SMILES string of the molecule is CC/C=C\C/C=C\C/C=C\C/C=C\CCCCC(=O)OCC(COC1OC(C(=O)O)C(O)C(O)C1OC(=O)CCCCCCCCCCC/C=C\C/C=C\CCCCC)OC(=O)CCCCCCC/C=C\C/C=C\CCCCC. The molecule has 3 N–H and O–H groups in total. The Kier molecular flexibility index (Phi) is 49.9. The Morgan fingerprint density at radius 1 is 0.430 bits per heavy atom. The molecule has 12 heteroatoms. The van der Waals surface area contributed by atoms with E-state index in [1.807, 2.05) is 0 Å². The van der Waals surface area contributed by atoms with Crippen LogP contribution in [0.2, 0.25) is 0 Å². The number of aliphatic hydroxyl groups is 2. The van der Waals surface area contributed by atoms with Gasteiger partial charge in [0.2, 0.25) is 0 Å². The summed E-state index contributed by atoms with van der Waals surface area (Å²) in [4.78, 5) is 51.2. The van der Waals surface area contributed by atoms with E-state index < -0.39 is 67.3 Å². The Balaban J connectivity index is 2.70. The molecule has 0 aromatic carbocycles. The Labute approximate surface area is 479 Å². The first-order valence-corrected chi connectivity index (χ1v) is 31.2. The van der Waals surface area contributed by atoms with Gasteiger partial charge in [0.15, 0.2) is 24.6 Å². The number of hydrogen-bond donors (Lipinski definition) is 3. The summed E-state index contributed by atoms with van der Waals surface area (Å²) in [6.45, 7) is 5.79. The van der Waals surface area contributed by atoms with E-state index in [0.717, 1.165) is 122 Å². The third-order valence-electron chi connectivity index (χ3n) is 13.6. The van der Waals surface area contributed by atoms with Gasteiger partial charge in [-0.15, -0.1) is 0 Å². The highest BCUT2D eigenvalue weighted by Crippen LogP contribution is 2.26. The van der Waals surface area contributed by atoms with Crippen molar-refractivity contribution in [3.8, 4) is 0 Å². The summed E-state index contributed by atoms with van der Waals surface area (Å²) in [6, 6.07) is 0. The van der Waals surface area contributed by atoms with E-state index in [1.54, 1.807) is 0 Å². The number of allylic oxidation sites excluding steroid dienone is 16. The Bertz CT molecular complexity index is 1740. The second-order valence-corrected chi connectivity index (χ2v) is 20.9. The second-order valence-electron chi connectivity index (χ2n) is 20.9. The fourth-order valence-corrected chi connectivity index (χ4v) is 8.83. The van der Waals surface area contributed by atoms with Crippen LogP contribution in [-0.2, 0) is 42.9 Å². The van der Waals surface area contributed by atoms with Gasteiger partial charge in [-0.2, -0.15) is 0 Å². The molecule has 0 amide bonds. The number of carbonyl (C=O) groups excluding carboxylic acids is 3. The summed E-state index contributed by atoms with van der Waals surface area (Å²) in [5, 5.41) is 31.6. The van der Waals surface area contributed by atoms with Crippen LogP contribution in [0, 0.1) is 0 Å². The highest BCUT2D eigenvalue weighted by Gasteiger charge is 2.50. The molecule has 79 heavy (non-hydrogen) atoms. The van der Waals surface area contributed by atoms with Crippen LogP contribution >= 0.6 is 0 Å². The predicted octanol–water partition coefficient (Wildman–Crippen LogP) is 16.5. The average molecular weight is 1110 g/mol. The van der Waals surface area contributed by atoms with E-state index in [9.17, 15) is 34.5 Å². The van der Waals surface area contributed by atoms with Crippen LogP contribution in [0.4, 0.5) is 0 Å². The standard InChI is InChI=1S/C67H110O12/c1-4-7-10-13-16-19-22-25-28-29-30-31-34-37-40-43-46-49-52-55-61(70)78-65-63(72)62(71)64(66(73)74)79-67(65)76-57-58(77-60(69)54-51-48-45-42-39-36-33-27-24-21-18-15-12-9-6-3)56-75-59(68)53-50-47-44-41-38-35-32-26-23-20-17-14-11-8-5-2/h8,11,16-21,25-28,32-33,38,41,58,62-65,67,71-72H,4-7,9-10,12-15,22-24,29-31,34-37,39-40,42-57H2,1-3H3,(H,73,74)/b11-8-,19-16-,20-17-,21-18-,28-25-,32-26-,33-27-,41-38-. The molecule has 450 valence electrons. The first-order valence-electron chi connectivity index (χ1n) is 31.2. The van der Waals surface area contributed by atoms with E-state index in [-0.39, 0.29) is 25.9 Å². The van der Waals surface area contributed by atoms with Gasteiger partial charge in [-0.3, -0.25) is 14.4 Å². The van der Waals surface area contributed by atoms with Gasteiger partial charge in [0, 0.05) is 19.3 Å². The molecule has 0 aromatic rings. The molecule has 0 bridgehead atoms. The van der Waals surface area contributed by atoms with Crippen molar-refractivity contribution in [3.05, 3.63) is 97.2 Å². The summed E-state index contributed by atoms with van der Waals surface area (Å²) in [6.07, 6.45) is 59.4. The summed E-state index contributed by atoms with van der Waals surface area (Å²) in [7, 11) is 0. The Morgan fingerprint density at radius 3 is 1.24 bits per heavy atom. The van der Waals surface area contributed by atoms with Gasteiger partial charge in [0.05, 0.1) is 6.61 Å². The van der Waals surface area contributed by atoms with Crippen molar-refractivity contribution < 1.29 is 58.2 Å². The maximum absolute atomic E-state index is 13.2. The first-order chi connectivity index (χ1) is 38.6. The number of ether oxygens (including phenoxy) is 5. The summed E-state index contributed by atoms with van der Waals surface area (Å²) in [5.74, 6) is -3.20. The lowest BCUT2D eigenvalue weighted by molar-refractivity contribution is -0.301. The Morgan fingerprint density at radius 2 is 0.797 bits per heavy atom. The van der Waals surface area contributed by atoms with E-state index in [4.69, 9.17) is 23.7 Å². The van der Waals surface area contributed by atoms with Crippen molar-refractivity contribution in [1.82, 2.24) is 0 Å². The predicted molar refractivity (Wildman–Crippen MR) is 321 cm³/mol. The number of carboxylic acids is 1. The normalized spacial score (nSPS) is 18.5. The second kappa shape index (κ2) is 54.2. The van der Waals surface area contributed by atoms with E-state index in [1.165, 1.54) is 70.6 Å². The van der Waals surface area contributed by atoms with Gasteiger partial charge in [0.25, 0.3) is 0 Å². The number of carbonyl (C=O) groups is 4. The van der Waals surface area contributed by atoms with Crippen molar-refractivity contribution in [2.75, 3.05) is 13.2 Å². The van der Waals surface area contributed by atoms with Crippen molar-refractivity contribution in [2.45, 2.75) is 289 Å². The quantitative estimate of drug-likeness (QED) is 0.0228. The minimum atomic E-state index is -1.92. The number of aliphatic hydroxyl groups excluding tert-OH is 2. The molecule has 1 aliphatic heterocycles. The lowest BCUT2D eigenvalue weighted by Gasteiger charge is -2.40. The molecule has 6 unspecified atom stereocenters. The molecule has 1 saturated heterocycles. The number of esters is 3. The smallest absolute Gasteiger partial charge is 0.335 e. The van der Waals surface area contributed by atoms with Crippen LogP contribution in [0.15, 0.2) is 97.2 Å². The van der Waals surface area contributed by atoms with Crippen molar-refractivity contribution >= 4 is 23.9 Å². The van der Waals surface area contributed by atoms with Gasteiger partial charge >= 0.3 is 23.9 Å². The molecule has 0 aliphatic carbocycles. The molecular weight excluding hydrogens is 997 g/mol. The largest absolute Gasteiger partial charge is 0.479 e. The average Bonchev–Trinajstić information content (AvgIpc) is 3.46. The number of carboxylic acid groups (broad SMARTS) is 1. The van der Waals surface area contributed by atoms with E-state index >= 15 is 0 Å². The molecule has 0 spiro atoms. The van der Waals surface area contributed by atoms with E-state index in [0.29, 0.717) is 19.3 Å². The van der Waals surface area contributed by atoms with Gasteiger partial charge in [0.1, 0.15) is 18.8 Å². The monoisotopic (exact) mass is 1110 g/mol. The van der Waals surface area contributed by atoms with Crippen LogP contribution in [0.1, 0.15) is 252 Å². The lowest BCUT2D eigenvalue weighted by Crippen LogP contribution is -2.61. The maximum Gasteiger partial charge on any atom is 0.335 e. The highest BCUT2D eigenvalue weighted by molar-refractivity contribution is 5.74. The number of hydrogen-bond acceptors (Lipinski definition) is 11.